The molecule has 0 fully saturated rings. The maximum atomic E-state index is 13.8. The zero-order valence-electron chi connectivity index (χ0n) is 14.2. The third kappa shape index (κ3) is 3.40. The van der Waals surface area contributed by atoms with E-state index in [0.29, 0.717) is 24.4 Å². The molecule has 0 saturated heterocycles. The van der Waals surface area contributed by atoms with Gasteiger partial charge in [-0.05, 0) is 30.2 Å². The molecular weight excluding hydrogens is 325 g/mol. The number of halogens is 1. The number of fused-ring (bicyclic) bond motifs is 1. The normalized spacial score (nSPS) is 10.8. The number of benzene rings is 3. The Morgan fingerprint density at radius 3 is 2.35 bits per heavy atom. The van der Waals surface area contributed by atoms with Crippen molar-refractivity contribution in [2.75, 3.05) is 11.9 Å². The molecule has 1 N–H and O–H groups in total. The summed E-state index contributed by atoms with van der Waals surface area (Å²) in [4.78, 5) is 9.38. The highest BCUT2D eigenvalue weighted by Gasteiger charge is 2.09. The molecule has 0 aliphatic carbocycles. The highest BCUT2D eigenvalue weighted by atomic mass is 19.1. The van der Waals surface area contributed by atoms with E-state index in [0.717, 1.165) is 22.3 Å². The van der Waals surface area contributed by atoms with Crippen LogP contribution in [0.25, 0.3) is 22.3 Å². The van der Waals surface area contributed by atoms with Crippen molar-refractivity contribution in [3.63, 3.8) is 0 Å². The summed E-state index contributed by atoms with van der Waals surface area (Å²) < 4.78 is 13.8. The number of para-hydroxylation sites is 1. The van der Waals surface area contributed by atoms with Gasteiger partial charge in [-0.3, -0.25) is 0 Å². The lowest BCUT2D eigenvalue weighted by molar-refractivity contribution is 0.610. The van der Waals surface area contributed by atoms with Gasteiger partial charge in [-0.25, -0.2) is 14.4 Å². The van der Waals surface area contributed by atoms with Crippen molar-refractivity contribution in [1.29, 1.82) is 0 Å². The van der Waals surface area contributed by atoms with Gasteiger partial charge in [-0.1, -0.05) is 60.7 Å². The summed E-state index contributed by atoms with van der Waals surface area (Å²) in [5, 5.41) is 4.31. The molecule has 4 heteroatoms. The van der Waals surface area contributed by atoms with Gasteiger partial charge in [0.25, 0.3) is 0 Å². The molecule has 3 nitrogen and oxygen atoms in total. The molecule has 0 amide bonds. The minimum atomic E-state index is -0.174. The lowest BCUT2D eigenvalue weighted by Crippen LogP contribution is -2.09. The van der Waals surface area contributed by atoms with E-state index in [4.69, 9.17) is 4.98 Å². The topological polar surface area (TPSA) is 37.8 Å². The Balaban J connectivity index is 1.64. The van der Waals surface area contributed by atoms with Gasteiger partial charge >= 0.3 is 0 Å². The van der Waals surface area contributed by atoms with E-state index in [-0.39, 0.29) is 5.82 Å². The number of hydrogen-bond acceptors (Lipinski definition) is 3. The molecule has 1 heterocycles. The molecule has 128 valence electrons. The van der Waals surface area contributed by atoms with E-state index < -0.39 is 0 Å². The van der Waals surface area contributed by atoms with Gasteiger partial charge in [0.05, 0.1) is 5.52 Å². The molecule has 0 aliphatic heterocycles. The fraction of sp³-hybridized carbons (Fsp3) is 0.0909. The summed E-state index contributed by atoms with van der Waals surface area (Å²) in [5.74, 6) is 1.27. The van der Waals surface area contributed by atoms with Crippen molar-refractivity contribution in [3.05, 3.63) is 90.2 Å². The summed E-state index contributed by atoms with van der Waals surface area (Å²) in [7, 11) is 0. The Hall–Kier alpha value is -3.27. The van der Waals surface area contributed by atoms with Gasteiger partial charge in [0.15, 0.2) is 5.82 Å². The van der Waals surface area contributed by atoms with Crippen molar-refractivity contribution in [1.82, 2.24) is 9.97 Å². The molecule has 0 bridgehead atoms. The van der Waals surface area contributed by atoms with E-state index in [1.54, 1.807) is 6.07 Å². The average Bonchev–Trinajstić information content (AvgIpc) is 2.70. The van der Waals surface area contributed by atoms with E-state index in [9.17, 15) is 4.39 Å². The summed E-state index contributed by atoms with van der Waals surface area (Å²) >= 11 is 0. The first-order valence-corrected chi connectivity index (χ1v) is 8.61. The molecule has 0 radical (unpaired) electrons. The third-order valence-corrected chi connectivity index (χ3v) is 4.28. The van der Waals surface area contributed by atoms with Crippen LogP contribution in [0.4, 0.5) is 10.2 Å². The quantitative estimate of drug-likeness (QED) is 0.548. The van der Waals surface area contributed by atoms with Gasteiger partial charge in [-0.2, -0.15) is 0 Å². The van der Waals surface area contributed by atoms with Crippen LogP contribution in [-0.4, -0.2) is 16.5 Å². The molecular formula is C22H18FN3. The molecule has 0 atom stereocenters. The largest absolute Gasteiger partial charge is 0.369 e. The van der Waals surface area contributed by atoms with Crippen LogP contribution in [0, 0.1) is 5.82 Å². The molecule has 1 aromatic heterocycles. The molecule has 0 spiro atoms. The molecule has 0 aliphatic rings. The number of anilines is 1. The SMILES string of the molecule is Fc1ccccc1CCNc1nc(-c2ccccc2)nc2ccccc12. The molecule has 4 rings (SSSR count). The Morgan fingerprint density at radius 1 is 0.769 bits per heavy atom. The Bertz CT molecular complexity index is 1030. The molecule has 26 heavy (non-hydrogen) atoms. The lowest BCUT2D eigenvalue weighted by atomic mass is 10.1. The minimum absolute atomic E-state index is 0.174. The van der Waals surface area contributed by atoms with Crippen LogP contribution in [0.15, 0.2) is 78.9 Å². The number of rotatable bonds is 5. The predicted octanol–water partition coefficient (Wildman–Crippen LogP) is 5.09. The fourth-order valence-electron chi connectivity index (χ4n) is 2.94. The number of hydrogen-bond donors (Lipinski definition) is 1. The fourth-order valence-corrected chi connectivity index (χ4v) is 2.94. The maximum Gasteiger partial charge on any atom is 0.162 e. The van der Waals surface area contributed by atoms with Gasteiger partial charge in [-0.15, -0.1) is 0 Å². The van der Waals surface area contributed by atoms with Crippen molar-refractivity contribution in [2.45, 2.75) is 6.42 Å². The van der Waals surface area contributed by atoms with Crippen LogP contribution >= 0.6 is 0 Å². The van der Waals surface area contributed by atoms with Crippen molar-refractivity contribution >= 4 is 16.7 Å². The number of nitrogens with zero attached hydrogens (tertiary/aromatic N) is 2. The Labute approximate surface area is 151 Å². The first-order chi connectivity index (χ1) is 12.8. The van der Waals surface area contributed by atoms with Crippen molar-refractivity contribution < 1.29 is 4.39 Å². The third-order valence-electron chi connectivity index (χ3n) is 4.28. The highest BCUT2D eigenvalue weighted by Crippen LogP contribution is 2.24. The maximum absolute atomic E-state index is 13.8. The van der Waals surface area contributed by atoms with Crippen LogP contribution < -0.4 is 5.32 Å². The van der Waals surface area contributed by atoms with Crippen LogP contribution in [0.1, 0.15) is 5.56 Å². The van der Waals surface area contributed by atoms with Gasteiger partial charge < -0.3 is 5.32 Å². The molecule has 0 unspecified atom stereocenters. The second kappa shape index (κ2) is 7.31. The highest BCUT2D eigenvalue weighted by molar-refractivity contribution is 5.90. The van der Waals surface area contributed by atoms with Crippen LogP contribution in [0.3, 0.4) is 0 Å². The van der Waals surface area contributed by atoms with E-state index in [2.05, 4.69) is 10.3 Å². The second-order valence-electron chi connectivity index (χ2n) is 6.05. The molecule has 3 aromatic carbocycles. The Kier molecular flexibility index (Phi) is 4.56. The number of aromatic nitrogens is 2. The van der Waals surface area contributed by atoms with E-state index >= 15 is 0 Å². The van der Waals surface area contributed by atoms with E-state index in [1.807, 2.05) is 66.7 Å². The molecule has 4 aromatic rings. The predicted molar refractivity (Wildman–Crippen MR) is 104 cm³/mol. The lowest BCUT2D eigenvalue weighted by Gasteiger charge is -2.11. The first-order valence-electron chi connectivity index (χ1n) is 8.61. The van der Waals surface area contributed by atoms with Gasteiger partial charge in [0, 0.05) is 17.5 Å². The van der Waals surface area contributed by atoms with Crippen LogP contribution in [-0.2, 0) is 6.42 Å². The minimum Gasteiger partial charge on any atom is -0.369 e. The van der Waals surface area contributed by atoms with E-state index in [1.165, 1.54) is 6.07 Å². The van der Waals surface area contributed by atoms with Crippen LogP contribution in [0.5, 0.6) is 0 Å². The first kappa shape index (κ1) is 16.2. The second-order valence-corrected chi connectivity index (χ2v) is 6.05. The number of nitrogens with one attached hydrogen (secondary N) is 1. The zero-order valence-corrected chi connectivity index (χ0v) is 14.2. The average molecular weight is 343 g/mol. The smallest absolute Gasteiger partial charge is 0.162 e. The standard InChI is InChI=1S/C22H18FN3/c23-19-12-6-4-8-16(19)14-15-24-22-18-11-5-7-13-20(18)25-21(26-22)17-9-2-1-3-10-17/h1-13H,14-15H2,(H,24,25,26). The summed E-state index contributed by atoms with van der Waals surface area (Å²) in [6, 6.07) is 24.7. The molecule has 0 saturated carbocycles. The van der Waals surface area contributed by atoms with Gasteiger partial charge in [0.2, 0.25) is 0 Å². The summed E-state index contributed by atoms with van der Waals surface area (Å²) in [6.45, 7) is 0.593. The summed E-state index contributed by atoms with van der Waals surface area (Å²) in [6.07, 6.45) is 0.589. The monoisotopic (exact) mass is 343 g/mol. The van der Waals surface area contributed by atoms with Crippen LogP contribution in [0.2, 0.25) is 0 Å². The zero-order chi connectivity index (χ0) is 17.8. The summed E-state index contributed by atoms with van der Waals surface area (Å²) in [5.41, 5.74) is 2.55. The van der Waals surface area contributed by atoms with Crippen molar-refractivity contribution in [2.24, 2.45) is 0 Å². The van der Waals surface area contributed by atoms with Gasteiger partial charge in [0.1, 0.15) is 11.6 Å². The Morgan fingerprint density at radius 2 is 1.50 bits per heavy atom. The van der Waals surface area contributed by atoms with Crippen molar-refractivity contribution in [3.8, 4) is 11.4 Å².